The normalized spacial score (nSPS) is 13.7. The predicted octanol–water partition coefficient (Wildman–Crippen LogP) is 15.2. The van der Waals surface area contributed by atoms with E-state index in [1.54, 1.807) is 6.08 Å². The van der Waals surface area contributed by atoms with Crippen LogP contribution in [-0.4, -0.2) is 34.9 Å². The molecule has 0 aromatic rings. The average Bonchev–Trinajstić information content (AvgIpc) is 3.20. The molecule has 322 valence electrons. The van der Waals surface area contributed by atoms with Gasteiger partial charge >= 0.3 is 0 Å². The maximum Gasteiger partial charge on any atom is 0.220 e. The fourth-order valence-corrected chi connectivity index (χ4v) is 6.79. The number of aliphatic hydroxyl groups excluding tert-OH is 2. The first-order valence-electron chi connectivity index (χ1n) is 23.8. The Hall–Kier alpha value is -2.43. The van der Waals surface area contributed by atoms with Crippen LogP contribution >= 0.6 is 0 Å². The molecule has 0 aromatic carbocycles. The maximum absolute atomic E-state index is 12.4. The largest absolute Gasteiger partial charge is 0.394 e. The van der Waals surface area contributed by atoms with Crippen LogP contribution in [0.5, 0.6) is 0 Å². The highest BCUT2D eigenvalue weighted by Crippen LogP contribution is 2.16. The molecule has 0 heterocycles. The van der Waals surface area contributed by atoms with Crippen molar-refractivity contribution >= 4 is 5.91 Å². The molecule has 4 heteroatoms. The van der Waals surface area contributed by atoms with Crippen LogP contribution in [0.25, 0.3) is 0 Å². The van der Waals surface area contributed by atoms with E-state index in [1.807, 2.05) is 12.2 Å². The number of carbonyl (C=O) groups excluding carboxylic acids is 1. The number of amides is 1. The fraction of sp³-hybridized carbons (Fsp3) is 0.712. The Morgan fingerprint density at radius 3 is 1.14 bits per heavy atom. The zero-order valence-electron chi connectivity index (χ0n) is 36.9. The molecule has 0 bridgehead atoms. The summed E-state index contributed by atoms with van der Waals surface area (Å²) in [6.07, 6.45) is 68.6. The summed E-state index contributed by atoms with van der Waals surface area (Å²) in [5.74, 6) is -0.147. The van der Waals surface area contributed by atoms with Crippen LogP contribution in [0.1, 0.15) is 219 Å². The van der Waals surface area contributed by atoms with Crippen molar-refractivity contribution in [3.8, 4) is 0 Å². The summed E-state index contributed by atoms with van der Waals surface area (Å²) >= 11 is 0. The van der Waals surface area contributed by atoms with Gasteiger partial charge in [0.1, 0.15) is 0 Å². The minimum absolute atomic E-state index is 0.147. The van der Waals surface area contributed by atoms with Crippen LogP contribution in [0.4, 0.5) is 0 Å². The van der Waals surface area contributed by atoms with Gasteiger partial charge in [0.25, 0.3) is 0 Å². The Morgan fingerprint density at radius 2 is 0.786 bits per heavy atom. The fourth-order valence-electron chi connectivity index (χ4n) is 6.79. The van der Waals surface area contributed by atoms with E-state index in [-0.39, 0.29) is 12.5 Å². The van der Waals surface area contributed by atoms with Gasteiger partial charge in [-0.3, -0.25) is 4.79 Å². The van der Waals surface area contributed by atoms with E-state index >= 15 is 0 Å². The van der Waals surface area contributed by atoms with E-state index in [1.165, 1.54) is 141 Å². The number of hydrogen-bond donors (Lipinski definition) is 3. The average molecular weight is 778 g/mol. The lowest BCUT2D eigenvalue weighted by atomic mass is 10.0. The summed E-state index contributed by atoms with van der Waals surface area (Å²) in [6.45, 7) is 4.17. The summed E-state index contributed by atoms with van der Waals surface area (Å²) in [4.78, 5) is 12.4. The van der Waals surface area contributed by atoms with Gasteiger partial charge in [0.05, 0.1) is 18.8 Å². The SMILES string of the molecule is CC/C=C\C/C=C\C/C=C\C/C=C\C/C=C\C/C=C\CCC(=O)NC(CO)C(O)/C=C/CCCCCCCCCCCCCCCCCCCCCCCCC. The second-order valence-electron chi connectivity index (χ2n) is 15.8. The van der Waals surface area contributed by atoms with Gasteiger partial charge in [-0.15, -0.1) is 0 Å². The van der Waals surface area contributed by atoms with Crippen LogP contribution < -0.4 is 5.32 Å². The van der Waals surface area contributed by atoms with Crippen molar-refractivity contribution in [2.45, 2.75) is 231 Å². The van der Waals surface area contributed by atoms with Crippen molar-refractivity contribution < 1.29 is 15.0 Å². The molecule has 0 aliphatic rings. The van der Waals surface area contributed by atoms with Gasteiger partial charge in [-0.2, -0.15) is 0 Å². The second-order valence-corrected chi connectivity index (χ2v) is 15.8. The van der Waals surface area contributed by atoms with E-state index in [4.69, 9.17) is 0 Å². The number of hydrogen-bond acceptors (Lipinski definition) is 3. The second kappa shape index (κ2) is 46.9. The molecule has 0 aromatic heterocycles. The summed E-state index contributed by atoms with van der Waals surface area (Å²) in [6, 6.07) is -0.668. The number of aliphatic hydroxyl groups is 2. The van der Waals surface area contributed by atoms with Crippen LogP contribution in [0, 0.1) is 0 Å². The monoisotopic (exact) mass is 778 g/mol. The molecular formula is C52H91NO3. The zero-order chi connectivity index (χ0) is 40.7. The molecule has 0 spiro atoms. The molecule has 2 unspecified atom stereocenters. The van der Waals surface area contributed by atoms with Crippen molar-refractivity contribution in [1.29, 1.82) is 0 Å². The quantitative estimate of drug-likeness (QED) is 0.0427. The van der Waals surface area contributed by atoms with E-state index < -0.39 is 12.1 Å². The first-order chi connectivity index (χ1) is 27.7. The van der Waals surface area contributed by atoms with Gasteiger partial charge in [0, 0.05) is 6.42 Å². The molecular weight excluding hydrogens is 687 g/mol. The van der Waals surface area contributed by atoms with Crippen LogP contribution in [0.2, 0.25) is 0 Å². The Bertz CT molecular complexity index is 1020. The highest BCUT2D eigenvalue weighted by Gasteiger charge is 2.17. The van der Waals surface area contributed by atoms with Gasteiger partial charge in [-0.1, -0.05) is 240 Å². The molecule has 3 N–H and O–H groups in total. The van der Waals surface area contributed by atoms with Crippen LogP contribution in [-0.2, 0) is 4.79 Å². The van der Waals surface area contributed by atoms with Gasteiger partial charge in [0.2, 0.25) is 5.91 Å². The Balaban J connectivity index is 3.65. The van der Waals surface area contributed by atoms with Crippen molar-refractivity contribution in [2.75, 3.05) is 6.61 Å². The minimum atomic E-state index is -0.876. The molecule has 0 rings (SSSR count). The number of unbranched alkanes of at least 4 members (excludes halogenated alkanes) is 23. The number of rotatable bonds is 42. The molecule has 0 radical (unpaired) electrons. The first-order valence-corrected chi connectivity index (χ1v) is 23.8. The molecule has 0 saturated carbocycles. The smallest absolute Gasteiger partial charge is 0.220 e. The Kier molecular flexibility index (Phi) is 44.9. The Morgan fingerprint density at radius 1 is 0.446 bits per heavy atom. The van der Waals surface area contributed by atoms with Gasteiger partial charge < -0.3 is 15.5 Å². The summed E-state index contributed by atoms with van der Waals surface area (Å²) < 4.78 is 0. The molecule has 56 heavy (non-hydrogen) atoms. The lowest BCUT2D eigenvalue weighted by Gasteiger charge is -2.19. The van der Waals surface area contributed by atoms with E-state index in [2.05, 4.69) is 86.0 Å². The number of allylic oxidation sites excluding steroid dienone is 13. The first kappa shape index (κ1) is 53.6. The molecule has 0 aliphatic heterocycles. The summed E-state index contributed by atoms with van der Waals surface area (Å²) in [5.41, 5.74) is 0. The lowest BCUT2D eigenvalue weighted by molar-refractivity contribution is -0.122. The molecule has 0 fully saturated rings. The summed E-state index contributed by atoms with van der Waals surface area (Å²) in [5, 5.41) is 23.0. The molecule has 4 nitrogen and oxygen atoms in total. The van der Waals surface area contributed by atoms with Crippen molar-refractivity contribution in [1.82, 2.24) is 5.32 Å². The molecule has 0 saturated heterocycles. The van der Waals surface area contributed by atoms with Gasteiger partial charge in [-0.05, 0) is 57.8 Å². The maximum atomic E-state index is 12.4. The van der Waals surface area contributed by atoms with Crippen molar-refractivity contribution in [3.63, 3.8) is 0 Å². The number of nitrogens with one attached hydrogen (secondary N) is 1. The highest BCUT2D eigenvalue weighted by atomic mass is 16.3. The van der Waals surface area contributed by atoms with Gasteiger partial charge in [0.15, 0.2) is 0 Å². The Labute approximate surface area is 348 Å². The minimum Gasteiger partial charge on any atom is -0.394 e. The van der Waals surface area contributed by atoms with Crippen molar-refractivity contribution in [3.05, 3.63) is 85.1 Å². The predicted molar refractivity (Wildman–Crippen MR) is 248 cm³/mol. The third kappa shape index (κ3) is 42.7. The zero-order valence-corrected chi connectivity index (χ0v) is 36.9. The molecule has 0 aliphatic carbocycles. The van der Waals surface area contributed by atoms with Crippen LogP contribution in [0.3, 0.4) is 0 Å². The highest BCUT2D eigenvalue weighted by molar-refractivity contribution is 5.76. The molecule has 2 atom stereocenters. The van der Waals surface area contributed by atoms with E-state index in [0.29, 0.717) is 12.8 Å². The summed E-state index contributed by atoms with van der Waals surface area (Å²) in [7, 11) is 0. The third-order valence-corrected chi connectivity index (χ3v) is 10.4. The lowest BCUT2D eigenvalue weighted by Crippen LogP contribution is -2.45. The standard InChI is InChI=1S/C52H91NO3/c1-3-5-7-9-11-13-15-17-19-21-23-24-25-26-27-28-30-31-33-35-37-39-41-43-45-47-51(55)50(49-54)53-52(56)48-46-44-42-40-38-36-34-32-29-22-20-18-16-14-12-10-8-6-4-2/h6,8,12,14,18,20,29,32,36,38,42,44-45,47,50-51,54-55H,3-5,7,9-11,13,15-17,19,21-28,30-31,33-35,37,39-41,43,46,48-49H2,1-2H3,(H,53,56)/b8-6-,14-12-,20-18-,32-29-,38-36-,44-42-,47-45+. The van der Waals surface area contributed by atoms with Crippen molar-refractivity contribution in [2.24, 2.45) is 0 Å². The van der Waals surface area contributed by atoms with E-state index in [9.17, 15) is 15.0 Å². The van der Waals surface area contributed by atoms with Crippen LogP contribution in [0.15, 0.2) is 85.1 Å². The van der Waals surface area contributed by atoms with Gasteiger partial charge in [-0.25, -0.2) is 0 Å². The van der Waals surface area contributed by atoms with E-state index in [0.717, 1.165) is 51.4 Å². The topological polar surface area (TPSA) is 69.6 Å². The number of carbonyl (C=O) groups is 1. The third-order valence-electron chi connectivity index (χ3n) is 10.4. The molecule has 1 amide bonds.